The van der Waals surface area contributed by atoms with Crippen LogP contribution in [0.5, 0.6) is 5.75 Å². The van der Waals surface area contributed by atoms with E-state index in [1.54, 1.807) is 0 Å². The van der Waals surface area contributed by atoms with Crippen molar-refractivity contribution < 1.29 is 9.53 Å². The van der Waals surface area contributed by atoms with Gasteiger partial charge in [0, 0.05) is 13.1 Å². The van der Waals surface area contributed by atoms with E-state index < -0.39 is 0 Å². The van der Waals surface area contributed by atoms with Crippen molar-refractivity contribution in [2.75, 3.05) is 26.2 Å². The van der Waals surface area contributed by atoms with Gasteiger partial charge in [0.15, 0.2) is 6.61 Å². The highest BCUT2D eigenvalue weighted by molar-refractivity contribution is 5.84. The summed E-state index contributed by atoms with van der Waals surface area (Å²) >= 11 is 0. The second kappa shape index (κ2) is 9.57. The Balaban J connectivity index is 1.16. The maximum Gasteiger partial charge on any atom is 0.257 e. The first-order valence-electron chi connectivity index (χ1n) is 10.4. The standard InChI is InChI=1S/C25H28N2O2/c28-25(19-29-24-11-10-22-8-4-5-9-23(22)16-24)26-17-20-12-14-27(15-13-20)18-21-6-2-1-3-7-21/h1-11,16,20H,12-15,17-19H2,(H,26,28). The maximum absolute atomic E-state index is 12.2. The van der Waals surface area contributed by atoms with Gasteiger partial charge in [-0.3, -0.25) is 9.69 Å². The summed E-state index contributed by atoms with van der Waals surface area (Å²) in [4.78, 5) is 14.7. The number of nitrogens with one attached hydrogen (secondary N) is 1. The molecule has 1 amide bonds. The van der Waals surface area contributed by atoms with Crippen LogP contribution in [0.3, 0.4) is 0 Å². The molecule has 4 heteroatoms. The summed E-state index contributed by atoms with van der Waals surface area (Å²) in [6.07, 6.45) is 2.25. The van der Waals surface area contributed by atoms with E-state index in [0.29, 0.717) is 5.92 Å². The summed E-state index contributed by atoms with van der Waals surface area (Å²) < 4.78 is 5.68. The van der Waals surface area contributed by atoms with Crippen molar-refractivity contribution in [2.24, 2.45) is 5.92 Å². The molecule has 29 heavy (non-hydrogen) atoms. The molecule has 4 nitrogen and oxygen atoms in total. The normalized spacial score (nSPS) is 15.3. The number of amides is 1. The Morgan fingerprint density at radius 3 is 2.45 bits per heavy atom. The number of hydrogen-bond acceptors (Lipinski definition) is 3. The lowest BCUT2D eigenvalue weighted by Gasteiger charge is -2.32. The van der Waals surface area contributed by atoms with Crippen molar-refractivity contribution in [2.45, 2.75) is 19.4 Å². The zero-order chi connectivity index (χ0) is 19.9. The van der Waals surface area contributed by atoms with Crippen LogP contribution in [-0.2, 0) is 11.3 Å². The summed E-state index contributed by atoms with van der Waals surface area (Å²) in [7, 11) is 0. The quantitative estimate of drug-likeness (QED) is 0.658. The molecule has 1 heterocycles. The number of nitrogens with zero attached hydrogens (tertiary/aromatic N) is 1. The van der Waals surface area contributed by atoms with Crippen LogP contribution in [0.25, 0.3) is 10.8 Å². The molecule has 1 aliphatic rings. The molecule has 0 saturated carbocycles. The van der Waals surface area contributed by atoms with E-state index in [4.69, 9.17) is 4.74 Å². The zero-order valence-electron chi connectivity index (χ0n) is 16.7. The highest BCUT2D eigenvalue weighted by Crippen LogP contribution is 2.21. The summed E-state index contributed by atoms with van der Waals surface area (Å²) in [5.74, 6) is 1.23. The minimum Gasteiger partial charge on any atom is -0.484 e. The van der Waals surface area contributed by atoms with Crippen molar-refractivity contribution >= 4 is 16.7 Å². The van der Waals surface area contributed by atoms with Gasteiger partial charge in [-0.2, -0.15) is 0 Å². The van der Waals surface area contributed by atoms with Crippen LogP contribution in [0.15, 0.2) is 72.8 Å². The Bertz CT molecular complexity index is 934. The van der Waals surface area contributed by atoms with Crippen LogP contribution >= 0.6 is 0 Å². The van der Waals surface area contributed by atoms with Crippen molar-refractivity contribution in [1.29, 1.82) is 0 Å². The molecule has 150 valence electrons. The molecule has 0 aromatic heterocycles. The average molecular weight is 389 g/mol. The largest absolute Gasteiger partial charge is 0.484 e. The van der Waals surface area contributed by atoms with E-state index in [1.165, 1.54) is 10.9 Å². The van der Waals surface area contributed by atoms with Crippen molar-refractivity contribution in [1.82, 2.24) is 10.2 Å². The van der Waals surface area contributed by atoms with Gasteiger partial charge in [0.25, 0.3) is 5.91 Å². The Hall–Kier alpha value is -2.85. The number of fused-ring (bicyclic) bond motifs is 1. The first kappa shape index (κ1) is 19.5. The van der Waals surface area contributed by atoms with Crippen LogP contribution in [0.1, 0.15) is 18.4 Å². The van der Waals surface area contributed by atoms with Gasteiger partial charge in [-0.1, -0.05) is 60.7 Å². The topological polar surface area (TPSA) is 41.6 Å². The second-order valence-electron chi connectivity index (χ2n) is 7.81. The maximum atomic E-state index is 12.2. The van der Waals surface area contributed by atoms with E-state index in [1.807, 2.05) is 36.4 Å². The number of likely N-dealkylation sites (tertiary alicyclic amines) is 1. The Kier molecular flexibility index (Phi) is 6.42. The number of carbonyl (C=O) groups is 1. The molecule has 1 aliphatic heterocycles. The van der Waals surface area contributed by atoms with E-state index in [-0.39, 0.29) is 12.5 Å². The third-order valence-electron chi connectivity index (χ3n) is 5.63. The zero-order valence-corrected chi connectivity index (χ0v) is 16.7. The lowest BCUT2D eigenvalue weighted by molar-refractivity contribution is -0.123. The molecule has 0 radical (unpaired) electrons. The first-order chi connectivity index (χ1) is 14.3. The van der Waals surface area contributed by atoms with Crippen LogP contribution < -0.4 is 10.1 Å². The lowest BCUT2D eigenvalue weighted by atomic mass is 9.96. The van der Waals surface area contributed by atoms with Gasteiger partial charge < -0.3 is 10.1 Å². The first-order valence-corrected chi connectivity index (χ1v) is 10.4. The number of ether oxygens (including phenoxy) is 1. The van der Waals surface area contributed by atoms with E-state index >= 15 is 0 Å². The fourth-order valence-corrected chi connectivity index (χ4v) is 3.91. The Morgan fingerprint density at radius 1 is 0.931 bits per heavy atom. The second-order valence-corrected chi connectivity index (χ2v) is 7.81. The van der Waals surface area contributed by atoms with Crippen LogP contribution in [0, 0.1) is 5.92 Å². The Morgan fingerprint density at radius 2 is 1.66 bits per heavy atom. The summed E-state index contributed by atoms with van der Waals surface area (Å²) in [6, 6.07) is 24.7. The smallest absolute Gasteiger partial charge is 0.257 e. The highest BCUT2D eigenvalue weighted by Gasteiger charge is 2.19. The van der Waals surface area contributed by atoms with Gasteiger partial charge in [-0.15, -0.1) is 0 Å². The number of benzene rings is 3. The van der Waals surface area contributed by atoms with Gasteiger partial charge in [0.05, 0.1) is 0 Å². The van der Waals surface area contributed by atoms with Crippen LogP contribution in [0.2, 0.25) is 0 Å². The third kappa shape index (κ3) is 5.58. The van der Waals surface area contributed by atoms with E-state index in [0.717, 1.165) is 50.2 Å². The highest BCUT2D eigenvalue weighted by atomic mass is 16.5. The van der Waals surface area contributed by atoms with E-state index in [9.17, 15) is 4.79 Å². The number of carbonyl (C=O) groups excluding carboxylic acids is 1. The van der Waals surface area contributed by atoms with Crippen molar-refractivity contribution in [3.05, 3.63) is 78.4 Å². The molecule has 0 unspecified atom stereocenters. The van der Waals surface area contributed by atoms with Gasteiger partial charge >= 0.3 is 0 Å². The lowest BCUT2D eigenvalue weighted by Crippen LogP contribution is -2.39. The molecule has 0 spiro atoms. The molecule has 0 atom stereocenters. The Labute approximate surface area is 172 Å². The molecule has 3 aromatic rings. The molecule has 1 saturated heterocycles. The fraction of sp³-hybridized carbons (Fsp3) is 0.320. The number of hydrogen-bond donors (Lipinski definition) is 1. The average Bonchev–Trinajstić information content (AvgIpc) is 2.78. The third-order valence-corrected chi connectivity index (χ3v) is 5.63. The SMILES string of the molecule is O=C(COc1ccc2ccccc2c1)NCC1CCN(Cc2ccccc2)CC1. The number of piperidine rings is 1. The monoisotopic (exact) mass is 388 g/mol. The molecule has 4 rings (SSSR count). The summed E-state index contributed by atoms with van der Waals surface area (Å²) in [5, 5.41) is 5.33. The van der Waals surface area contributed by atoms with Crippen LogP contribution in [0.4, 0.5) is 0 Å². The van der Waals surface area contributed by atoms with Crippen molar-refractivity contribution in [3.8, 4) is 5.75 Å². The minimum atomic E-state index is -0.0510. The molecule has 0 bridgehead atoms. The summed E-state index contributed by atoms with van der Waals surface area (Å²) in [6.45, 7) is 3.98. The molecular weight excluding hydrogens is 360 g/mol. The summed E-state index contributed by atoms with van der Waals surface area (Å²) in [5.41, 5.74) is 1.37. The van der Waals surface area contributed by atoms with Gasteiger partial charge in [-0.25, -0.2) is 0 Å². The predicted molar refractivity (Wildman–Crippen MR) is 117 cm³/mol. The van der Waals surface area contributed by atoms with Gasteiger partial charge in [0.1, 0.15) is 5.75 Å². The molecule has 3 aromatic carbocycles. The van der Waals surface area contributed by atoms with Crippen LogP contribution in [-0.4, -0.2) is 37.0 Å². The molecule has 1 fully saturated rings. The van der Waals surface area contributed by atoms with Gasteiger partial charge in [-0.05, 0) is 60.3 Å². The van der Waals surface area contributed by atoms with Crippen molar-refractivity contribution in [3.63, 3.8) is 0 Å². The number of rotatable bonds is 7. The molecular formula is C25H28N2O2. The van der Waals surface area contributed by atoms with E-state index in [2.05, 4.69) is 46.6 Å². The molecule has 0 aliphatic carbocycles. The minimum absolute atomic E-state index is 0.0510. The molecule has 1 N–H and O–H groups in total. The van der Waals surface area contributed by atoms with Gasteiger partial charge in [0.2, 0.25) is 0 Å². The fourth-order valence-electron chi connectivity index (χ4n) is 3.91. The predicted octanol–water partition coefficient (Wildman–Crippen LogP) is 4.25.